The van der Waals surface area contributed by atoms with Crippen LogP contribution < -0.4 is 5.32 Å². The highest BCUT2D eigenvalue weighted by atomic mass is 32.2. The Morgan fingerprint density at radius 2 is 2.19 bits per heavy atom. The van der Waals surface area contributed by atoms with Gasteiger partial charge in [-0.2, -0.15) is 4.31 Å². The fraction of sp³-hybridized carbons (Fsp3) is 0.600. The fourth-order valence-electron chi connectivity index (χ4n) is 2.66. The quantitative estimate of drug-likeness (QED) is 0.877. The smallest absolute Gasteiger partial charge is 0.243 e. The molecule has 2 rings (SSSR count). The first-order valence-corrected chi connectivity index (χ1v) is 8.97. The highest BCUT2D eigenvalue weighted by Crippen LogP contribution is 2.19. The van der Waals surface area contributed by atoms with Gasteiger partial charge in [0.05, 0.1) is 4.90 Å². The van der Waals surface area contributed by atoms with E-state index in [1.54, 1.807) is 0 Å². The average molecular weight is 314 g/mol. The molecule has 0 radical (unpaired) electrons. The van der Waals surface area contributed by atoms with Crippen molar-refractivity contribution in [3.63, 3.8) is 0 Å². The lowest BCUT2D eigenvalue weighted by Crippen LogP contribution is -2.46. The lowest BCUT2D eigenvalue weighted by atomic mass is 10.1. The molecule has 1 saturated heterocycles. The first-order chi connectivity index (χ1) is 10.0. The zero-order chi connectivity index (χ0) is 15.3. The summed E-state index contributed by atoms with van der Waals surface area (Å²) in [5.41, 5.74) is 0. The number of nitrogens with one attached hydrogen (secondary N) is 1. The predicted octanol–water partition coefficient (Wildman–Crippen LogP) is 2.37. The first kappa shape index (κ1) is 16.4. The summed E-state index contributed by atoms with van der Waals surface area (Å²) in [4.78, 5) is 0.0340. The Kier molecular flexibility index (Phi) is 5.72. The maximum atomic E-state index is 13.3. The Morgan fingerprint density at radius 3 is 2.81 bits per heavy atom. The molecule has 118 valence electrons. The normalized spacial score (nSPS) is 19.9. The molecule has 0 spiro atoms. The van der Waals surface area contributed by atoms with Crippen molar-refractivity contribution in [1.29, 1.82) is 0 Å². The van der Waals surface area contributed by atoms with E-state index in [1.807, 2.05) is 6.92 Å². The molecule has 0 saturated carbocycles. The average Bonchev–Trinajstić information content (AvgIpc) is 2.48. The van der Waals surface area contributed by atoms with Gasteiger partial charge in [-0.05, 0) is 44.0 Å². The van der Waals surface area contributed by atoms with Crippen LogP contribution in [0.1, 0.15) is 32.6 Å². The van der Waals surface area contributed by atoms with Gasteiger partial charge in [-0.3, -0.25) is 0 Å². The Morgan fingerprint density at radius 1 is 1.38 bits per heavy atom. The van der Waals surface area contributed by atoms with E-state index in [1.165, 1.54) is 22.5 Å². The van der Waals surface area contributed by atoms with Gasteiger partial charge in [-0.25, -0.2) is 12.8 Å². The van der Waals surface area contributed by atoms with E-state index >= 15 is 0 Å². The van der Waals surface area contributed by atoms with Crippen molar-refractivity contribution in [3.05, 3.63) is 30.1 Å². The van der Waals surface area contributed by atoms with Gasteiger partial charge < -0.3 is 5.32 Å². The van der Waals surface area contributed by atoms with Crippen molar-refractivity contribution in [2.24, 2.45) is 0 Å². The van der Waals surface area contributed by atoms with Crippen LogP contribution in [-0.2, 0) is 10.0 Å². The topological polar surface area (TPSA) is 49.4 Å². The van der Waals surface area contributed by atoms with Crippen molar-refractivity contribution < 1.29 is 12.8 Å². The van der Waals surface area contributed by atoms with Gasteiger partial charge in [0, 0.05) is 19.1 Å². The monoisotopic (exact) mass is 314 g/mol. The summed E-state index contributed by atoms with van der Waals surface area (Å²) in [7, 11) is -3.63. The first-order valence-electron chi connectivity index (χ1n) is 7.53. The lowest BCUT2D eigenvalue weighted by Gasteiger charge is -2.30. The number of sulfonamides is 1. The van der Waals surface area contributed by atoms with Crippen LogP contribution in [0.2, 0.25) is 0 Å². The van der Waals surface area contributed by atoms with Crippen LogP contribution in [0.4, 0.5) is 4.39 Å². The van der Waals surface area contributed by atoms with Crippen LogP contribution >= 0.6 is 0 Å². The molecular formula is C15H23FN2O2S. The summed E-state index contributed by atoms with van der Waals surface area (Å²) in [6.45, 7) is 3.79. The second kappa shape index (κ2) is 7.33. The molecule has 21 heavy (non-hydrogen) atoms. The van der Waals surface area contributed by atoms with Gasteiger partial charge in [0.2, 0.25) is 10.0 Å². The number of halogens is 1. The molecule has 4 nitrogen and oxygen atoms in total. The highest BCUT2D eigenvalue weighted by molar-refractivity contribution is 7.89. The Hall–Kier alpha value is -0.980. The van der Waals surface area contributed by atoms with Gasteiger partial charge >= 0.3 is 0 Å². The van der Waals surface area contributed by atoms with E-state index in [2.05, 4.69) is 5.32 Å². The summed E-state index contributed by atoms with van der Waals surface area (Å²) in [6.07, 6.45) is 3.98. The van der Waals surface area contributed by atoms with Gasteiger partial charge in [0.25, 0.3) is 0 Å². The van der Waals surface area contributed by atoms with Crippen molar-refractivity contribution in [2.45, 2.75) is 43.5 Å². The molecule has 1 aliphatic rings. The SMILES string of the molecule is CCCN(CC1CCCCN1)S(=O)(=O)c1cccc(F)c1. The molecule has 1 atom stereocenters. The third-order valence-corrected chi connectivity index (χ3v) is 5.60. The minimum atomic E-state index is -3.63. The molecule has 0 bridgehead atoms. The second-order valence-electron chi connectivity index (χ2n) is 5.47. The number of hydrogen-bond donors (Lipinski definition) is 1. The number of rotatable bonds is 6. The molecule has 1 aliphatic heterocycles. The fourth-order valence-corrected chi connectivity index (χ4v) is 4.27. The molecule has 1 heterocycles. The maximum Gasteiger partial charge on any atom is 0.243 e. The van der Waals surface area contributed by atoms with E-state index in [9.17, 15) is 12.8 Å². The van der Waals surface area contributed by atoms with Gasteiger partial charge in [-0.15, -0.1) is 0 Å². The van der Waals surface area contributed by atoms with Crippen LogP contribution in [-0.4, -0.2) is 38.4 Å². The number of nitrogens with zero attached hydrogens (tertiary/aromatic N) is 1. The summed E-state index contributed by atoms with van der Waals surface area (Å²) in [6, 6.07) is 5.42. The molecule has 6 heteroatoms. The van der Waals surface area contributed by atoms with E-state index < -0.39 is 15.8 Å². The predicted molar refractivity (Wildman–Crippen MR) is 81.1 cm³/mol. The molecule has 1 aromatic rings. The molecule has 1 aromatic carbocycles. The molecule has 0 aliphatic carbocycles. The molecule has 1 N–H and O–H groups in total. The summed E-state index contributed by atoms with van der Waals surface area (Å²) in [5.74, 6) is -0.525. The zero-order valence-electron chi connectivity index (χ0n) is 12.4. The maximum absolute atomic E-state index is 13.3. The largest absolute Gasteiger partial charge is 0.313 e. The summed E-state index contributed by atoms with van der Waals surface area (Å²) in [5, 5.41) is 3.36. The standard InChI is InChI=1S/C15H23FN2O2S/c1-2-10-18(12-14-7-3-4-9-17-14)21(19,20)15-8-5-6-13(16)11-15/h5-6,8,11,14,17H,2-4,7,9-10,12H2,1H3. The van der Waals surface area contributed by atoms with E-state index in [0.29, 0.717) is 13.1 Å². The van der Waals surface area contributed by atoms with Gasteiger partial charge in [-0.1, -0.05) is 19.4 Å². The number of benzene rings is 1. The Bertz CT molecular complexity index is 557. The van der Waals surface area contributed by atoms with Crippen LogP contribution in [0.5, 0.6) is 0 Å². The second-order valence-corrected chi connectivity index (χ2v) is 7.41. The van der Waals surface area contributed by atoms with Crippen molar-refractivity contribution in [1.82, 2.24) is 9.62 Å². The minimum absolute atomic E-state index is 0.0340. The van der Waals surface area contributed by atoms with Gasteiger partial charge in [0.1, 0.15) is 5.82 Å². The summed E-state index contributed by atoms with van der Waals surface area (Å²) >= 11 is 0. The van der Waals surface area contributed by atoms with Crippen molar-refractivity contribution in [2.75, 3.05) is 19.6 Å². The summed E-state index contributed by atoms with van der Waals surface area (Å²) < 4.78 is 40.1. The number of hydrogen-bond acceptors (Lipinski definition) is 3. The van der Waals surface area contributed by atoms with Gasteiger partial charge in [0.15, 0.2) is 0 Å². The number of piperidine rings is 1. The van der Waals surface area contributed by atoms with Crippen LogP contribution in [0.25, 0.3) is 0 Å². The third kappa shape index (κ3) is 4.25. The van der Waals surface area contributed by atoms with Crippen LogP contribution in [0.15, 0.2) is 29.2 Å². The molecule has 1 fully saturated rings. The van der Waals surface area contributed by atoms with E-state index in [0.717, 1.165) is 38.3 Å². The molecule has 1 unspecified atom stereocenters. The molecule has 0 aromatic heterocycles. The Balaban J connectivity index is 2.19. The van der Waals surface area contributed by atoms with Crippen molar-refractivity contribution >= 4 is 10.0 Å². The zero-order valence-corrected chi connectivity index (χ0v) is 13.2. The minimum Gasteiger partial charge on any atom is -0.313 e. The lowest BCUT2D eigenvalue weighted by molar-refractivity contribution is 0.312. The van der Waals surface area contributed by atoms with Crippen molar-refractivity contribution in [3.8, 4) is 0 Å². The van der Waals surface area contributed by atoms with E-state index in [-0.39, 0.29) is 10.9 Å². The molecule has 0 amide bonds. The van der Waals surface area contributed by atoms with E-state index in [4.69, 9.17) is 0 Å². The highest BCUT2D eigenvalue weighted by Gasteiger charge is 2.27. The van der Waals surface area contributed by atoms with Crippen LogP contribution in [0, 0.1) is 5.82 Å². The van der Waals surface area contributed by atoms with Crippen LogP contribution in [0.3, 0.4) is 0 Å². The molecular weight excluding hydrogens is 291 g/mol. The third-order valence-electron chi connectivity index (χ3n) is 3.74. The Labute approximate surface area is 126 Å².